The van der Waals surface area contributed by atoms with Crippen LogP contribution >= 0.6 is 11.3 Å². The van der Waals surface area contributed by atoms with E-state index in [0.717, 1.165) is 19.5 Å². The first-order chi connectivity index (χ1) is 8.66. The van der Waals surface area contributed by atoms with E-state index in [2.05, 4.69) is 30.2 Å². The van der Waals surface area contributed by atoms with E-state index in [-0.39, 0.29) is 11.9 Å². The molecule has 0 amide bonds. The molecule has 0 bridgehead atoms. The fraction of sp³-hybridized carbons (Fsp3) is 0.643. The molecule has 2 rings (SSSR count). The third-order valence-electron chi connectivity index (χ3n) is 3.39. The fourth-order valence-electron chi connectivity index (χ4n) is 2.20. The zero-order chi connectivity index (χ0) is 13.0. The van der Waals surface area contributed by atoms with Gasteiger partial charge in [0.2, 0.25) is 0 Å². The highest BCUT2D eigenvalue weighted by molar-refractivity contribution is 7.09. The van der Waals surface area contributed by atoms with Crippen LogP contribution in [-0.4, -0.2) is 42.5 Å². The predicted molar refractivity (Wildman–Crippen MR) is 74.1 cm³/mol. The third kappa shape index (κ3) is 3.64. The van der Waals surface area contributed by atoms with E-state index in [1.165, 1.54) is 4.88 Å². The number of hydrogen-bond donors (Lipinski definition) is 0. The number of ketones is 1. The highest BCUT2D eigenvalue weighted by Gasteiger charge is 2.27. The number of ether oxygens (including phenoxy) is 1. The second-order valence-electron chi connectivity index (χ2n) is 4.99. The van der Waals surface area contributed by atoms with E-state index in [4.69, 9.17) is 4.74 Å². The van der Waals surface area contributed by atoms with Crippen molar-refractivity contribution in [2.45, 2.75) is 38.8 Å². The van der Waals surface area contributed by atoms with Crippen molar-refractivity contribution in [3.8, 4) is 0 Å². The van der Waals surface area contributed by atoms with Crippen LogP contribution in [0.3, 0.4) is 0 Å². The Hall–Kier alpha value is -0.710. The zero-order valence-corrected chi connectivity index (χ0v) is 11.9. The average Bonchev–Trinajstić information content (AvgIpc) is 2.89. The number of hydrogen-bond acceptors (Lipinski definition) is 4. The van der Waals surface area contributed by atoms with Crippen LogP contribution in [0, 0.1) is 0 Å². The molecule has 1 aliphatic rings. The Morgan fingerprint density at radius 1 is 1.61 bits per heavy atom. The van der Waals surface area contributed by atoms with Gasteiger partial charge in [-0.2, -0.15) is 0 Å². The van der Waals surface area contributed by atoms with Gasteiger partial charge in [-0.3, -0.25) is 9.69 Å². The monoisotopic (exact) mass is 267 g/mol. The molecule has 2 heterocycles. The Morgan fingerprint density at radius 3 is 3.11 bits per heavy atom. The van der Waals surface area contributed by atoms with Crippen LogP contribution in [0.1, 0.15) is 25.1 Å². The molecular formula is C14H21NO2S. The van der Waals surface area contributed by atoms with Crippen LogP contribution in [0.25, 0.3) is 0 Å². The number of nitrogens with zero attached hydrogens (tertiary/aromatic N) is 1. The van der Waals surface area contributed by atoms with E-state index < -0.39 is 0 Å². The Morgan fingerprint density at radius 2 is 2.44 bits per heavy atom. The summed E-state index contributed by atoms with van der Waals surface area (Å²) in [7, 11) is 0. The maximum Gasteiger partial charge on any atom is 0.163 e. The number of carbonyl (C=O) groups is 1. The number of thiophene rings is 1. The summed E-state index contributed by atoms with van der Waals surface area (Å²) in [6, 6.07) is 4.60. The molecule has 0 N–H and O–H groups in total. The molecule has 1 aliphatic heterocycles. The number of carbonyl (C=O) groups excluding carboxylic acids is 1. The molecule has 1 saturated heterocycles. The van der Waals surface area contributed by atoms with Gasteiger partial charge in [0.15, 0.2) is 5.78 Å². The average molecular weight is 267 g/mol. The molecule has 1 aromatic heterocycles. The second-order valence-corrected chi connectivity index (χ2v) is 6.03. The minimum absolute atomic E-state index is 0.221. The predicted octanol–water partition coefficient (Wildman–Crippen LogP) is 2.36. The first-order valence-corrected chi connectivity index (χ1v) is 7.45. The van der Waals surface area contributed by atoms with Crippen molar-refractivity contribution in [1.82, 2.24) is 4.90 Å². The van der Waals surface area contributed by atoms with E-state index >= 15 is 0 Å². The van der Waals surface area contributed by atoms with Crippen molar-refractivity contribution >= 4 is 17.1 Å². The molecule has 18 heavy (non-hydrogen) atoms. The van der Waals surface area contributed by atoms with Gasteiger partial charge in [0.1, 0.15) is 6.10 Å². The summed E-state index contributed by atoms with van der Waals surface area (Å²) in [6.45, 7) is 6.69. The Bertz CT molecular complexity index is 375. The zero-order valence-electron chi connectivity index (χ0n) is 11.1. The molecule has 0 aromatic carbocycles. The van der Waals surface area contributed by atoms with Crippen molar-refractivity contribution in [3.05, 3.63) is 22.4 Å². The SMILES string of the molecule is CC(C)N1CCOC(C(=O)CCc2cccs2)C1. The third-order valence-corrected chi connectivity index (χ3v) is 4.32. The smallest absolute Gasteiger partial charge is 0.163 e. The van der Waals surface area contributed by atoms with Gasteiger partial charge in [0.25, 0.3) is 0 Å². The molecule has 1 atom stereocenters. The summed E-state index contributed by atoms with van der Waals surface area (Å²) in [5.74, 6) is 0.244. The van der Waals surface area contributed by atoms with Gasteiger partial charge in [-0.1, -0.05) is 6.07 Å². The van der Waals surface area contributed by atoms with Gasteiger partial charge >= 0.3 is 0 Å². The summed E-state index contributed by atoms with van der Waals surface area (Å²) in [4.78, 5) is 15.7. The van der Waals surface area contributed by atoms with Gasteiger partial charge in [0, 0.05) is 30.4 Å². The quantitative estimate of drug-likeness (QED) is 0.820. The van der Waals surface area contributed by atoms with Crippen molar-refractivity contribution in [3.63, 3.8) is 0 Å². The standard InChI is InChI=1S/C14H21NO2S/c1-11(2)15-7-8-17-14(10-15)13(16)6-5-12-4-3-9-18-12/h3-4,9,11,14H,5-8,10H2,1-2H3. The molecule has 4 heteroatoms. The van der Waals surface area contributed by atoms with Gasteiger partial charge in [-0.05, 0) is 31.7 Å². The van der Waals surface area contributed by atoms with Crippen molar-refractivity contribution in [1.29, 1.82) is 0 Å². The van der Waals surface area contributed by atoms with Gasteiger partial charge in [-0.25, -0.2) is 0 Å². The Balaban J connectivity index is 1.81. The largest absolute Gasteiger partial charge is 0.368 e. The topological polar surface area (TPSA) is 29.5 Å². The van der Waals surface area contributed by atoms with E-state index in [9.17, 15) is 4.79 Å². The lowest BCUT2D eigenvalue weighted by atomic mass is 10.1. The molecule has 1 unspecified atom stereocenters. The number of rotatable bonds is 5. The molecule has 0 radical (unpaired) electrons. The molecule has 0 aliphatic carbocycles. The van der Waals surface area contributed by atoms with Crippen molar-refractivity contribution in [2.24, 2.45) is 0 Å². The lowest BCUT2D eigenvalue weighted by Crippen LogP contribution is -2.48. The molecular weight excluding hydrogens is 246 g/mol. The molecule has 0 saturated carbocycles. The van der Waals surface area contributed by atoms with E-state index in [1.807, 2.05) is 6.07 Å². The van der Waals surface area contributed by atoms with Crippen molar-refractivity contribution < 1.29 is 9.53 Å². The first kappa shape index (κ1) is 13.7. The lowest BCUT2D eigenvalue weighted by molar-refractivity contribution is -0.137. The highest BCUT2D eigenvalue weighted by atomic mass is 32.1. The second kappa shape index (κ2) is 6.45. The number of Topliss-reactive ketones (excluding diaryl/α,β-unsaturated/α-hetero) is 1. The maximum atomic E-state index is 12.1. The maximum absolute atomic E-state index is 12.1. The minimum atomic E-state index is -0.221. The van der Waals surface area contributed by atoms with Gasteiger partial charge < -0.3 is 4.74 Å². The summed E-state index contributed by atoms with van der Waals surface area (Å²) >= 11 is 1.71. The molecule has 1 fully saturated rings. The van der Waals surface area contributed by atoms with E-state index in [0.29, 0.717) is 19.1 Å². The Labute approximate surface area is 113 Å². The molecule has 100 valence electrons. The highest BCUT2D eigenvalue weighted by Crippen LogP contribution is 2.15. The molecule has 0 spiro atoms. The summed E-state index contributed by atoms with van der Waals surface area (Å²) in [6.07, 6.45) is 1.22. The summed E-state index contributed by atoms with van der Waals surface area (Å²) < 4.78 is 5.60. The van der Waals surface area contributed by atoms with E-state index in [1.54, 1.807) is 11.3 Å². The van der Waals surface area contributed by atoms with Crippen LogP contribution in [0.2, 0.25) is 0 Å². The minimum Gasteiger partial charge on any atom is -0.368 e. The molecule has 3 nitrogen and oxygen atoms in total. The number of aryl methyl sites for hydroxylation is 1. The lowest BCUT2D eigenvalue weighted by Gasteiger charge is -2.34. The number of morpholine rings is 1. The van der Waals surface area contributed by atoms with Gasteiger partial charge in [-0.15, -0.1) is 11.3 Å². The van der Waals surface area contributed by atoms with Crippen LogP contribution in [0.5, 0.6) is 0 Å². The normalized spacial score (nSPS) is 21.4. The summed E-state index contributed by atoms with van der Waals surface area (Å²) in [5, 5.41) is 2.05. The Kier molecular flexibility index (Phi) is 4.92. The summed E-state index contributed by atoms with van der Waals surface area (Å²) in [5.41, 5.74) is 0. The molecule has 1 aromatic rings. The van der Waals surface area contributed by atoms with Crippen LogP contribution in [-0.2, 0) is 16.0 Å². The van der Waals surface area contributed by atoms with Crippen molar-refractivity contribution in [2.75, 3.05) is 19.7 Å². The van der Waals surface area contributed by atoms with Crippen LogP contribution in [0.15, 0.2) is 17.5 Å². The fourth-order valence-corrected chi connectivity index (χ4v) is 2.90. The first-order valence-electron chi connectivity index (χ1n) is 6.57. The van der Waals surface area contributed by atoms with Crippen LogP contribution < -0.4 is 0 Å². The van der Waals surface area contributed by atoms with Gasteiger partial charge in [0.05, 0.1) is 6.61 Å². The van der Waals surface area contributed by atoms with Crippen LogP contribution in [0.4, 0.5) is 0 Å².